The molecule has 5 rings (SSSR count). The molecule has 0 unspecified atom stereocenters. The Morgan fingerprint density at radius 1 is 0.846 bits per heavy atom. The van der Waals surface area contributed by atoms with Crippen molar-refractivity contribution in [3.63, 3.8) is 0 Å². The number of fused-ring (bicyclic) bond motifs is 2. The molecule has 1 fully saturated rings. The molecule has 0 atom stereocenters. The molecule has 3 heterocycles. The number of aromatic nitrogens is 1. The minimum Gasteiger partial charge on any atom is -0.460 e. The van der Waals surface area contributed by atoms with E-state index in [4.69, 9.17) is 4.42 Å². The van der Waals surface area contributed by atoms with Crippen molar-refractivity contribution in [1.29, 1.82) is 0 Å². The number of hydrogen-bond donors (Lipinski definition) is 0. The number of hydrogen-bond acceptors (Lipinski definition) is 2. The molecule has 0 bridgehead atoms. The SMILES string of the molecule is c1ccc2cn(CC3CCN(Cc4cc5ccccc5o4)CC3)cc2c1. The number of nitrogens with zero attached hydrogens (tertiary/aromatic N) is 2. The second-order valence-electron chi connectivity index (χ2n) is 7.55. The maximum Gasteiger partial charge on any atom is 0.134 e. The summed E-state index contributed by atoms with van der Waals surface area (Å²) in [5.74, 6) is 1.85. The minimum atomic E-state index is 0.767. The van der Waals surface area contributed by atoms with Crippen molar-refractivity contribution >= 4 is 21.7 Å². The molecule has 0 saturated carbocycles. The molecule has 0 N–H and O–H groups in total. The van der Waals surface area contributed by atoms with Gasteiger partial charge in [0.1, 0.15) is 11.3 Å². The number of para-hydroxylation sites is 1. The smallest absolute Gasteiger partial charge is 0.134 e. The van der Waals surface area contributed by atoms with E-state index in [1.54, 1.807) is 0 Å². The van der Waals surface area contributed by atoms with Gasteiger partial charge in [-0.1, -0.05) is 42.5 Å². The summed E-state index contributed by atoms with van der Waals surface area (Å²) in [6.45, 7) is 4.37. The van der Waals surface area contributed by atoms with Crippen LogP contribution in [-0.2, 0) is 13.1 Å². The first-order valence-electron chi connectivity index (χ1n) is 9.58. The van der Waals surface area contributed by atoms with E-state index < -0.39 is 0 Å². The summed E-state index contributed by atoms with van der Waals surface area (Å²) in [5, 5.41) is 3.89. The Morgan fingerprint density at radius 2 is 1.50 bits per heavy atom. The quantitative estimate of drug-likeness (QED) is 0.501. The molecule has 0 amide bonds. The summed E-state index contributed by atoms with van der Waals surface area (Å²) in [7, 11) is 0. The van der Waals surface area contributed by atoms with Gasteiger partial charge in [0.25, 0.3) is 0 Å². The van der Waals surface area contributed by atoms with Crippen molar-refractivity contribution < 1.29 is 4.42 Å². The monoisotopic (exact) mass is 344 g/mol. The van der Waals surface area contributed by atoms with E-state index in [9.17, 15) is 0 Å². The Kier molecular flexibility index (Phi) is 4.02. The molecule has 0 aliphatic carbocycles. The van der Waals surface area contributed by atoms with E-state index in [0.717, 1.165) is 43.4 Å². The average Bonchev–Trinajstić information content (AvgIpc) is 3.25. The lowest BCUT2D eigenvalue weighted by Gasteiger charge is -2.31. The van der Waals surface area contributed by atoms with Gasteiger partial charge in [0, 0.05) is 24.3 Å². The number of rotatable bonds is 4. The Morgan fingerprint density at radius 3 is 2.19 bits per heavy atom. The van der Waals surface area contributed by atoms with Crippen LogP contribution in [0.25, 0.3) is 21.7 Å². The van der Waals surface area contributed by atoms with Crippen LogP contribution in [0.4, 0.5) is 0 Å². The van der Waals surface area contributed by atoms with Crippen LogP contribution >= 0.6 is 0 Å². The van der Waals surface area contributed by atoms with Gasteiger partial charge in [-0.15, -0.1) is 0 Å². The van der Waals surface area contributed by atoms with Gasteiger partial charge in [-0.2, -0.15) is 0 Å². The highest BCUT2D eigenvalue weighted by atomic mass is 16.3. The highest BCUT2D eigenvalue weighted by Crippen LogP contribution is 2.25. The van der Waals surface area contributed by atoms with Gasteiger partial charge in [0.2, 0.25) is 0 Å². The van der Waals surface area contributed by atoms with E-state index >= 15 is 0 Å². The minimum absolute atomic E-state index is 0.767. The third-order valence-corrected chi connectivity index (χ3v) is 5.64. The first-order valence-corrected chi connectivity index (χ1v) is 9.58. The molecule has 26 heavy (non-hydrogen) atoms. The molecule has 1 aliphatic heterocycles. The van der Waals surface area contributed by atoms with Gasteiger partial charge in [-0.3, -0.25) is 4.90 Å². The third-order valence-electron chi connectivity index (χ3n) is 5.64. The second-order valence-corrected chi connectivity index (χ2v) is 7.55. The van der Waals surface area contributed by atoms with Gasteiger partial charge in [-0.25, -0.2) is 0 Å². The van der Waals surface area contributed by atoms with Crippen LogP contribution in [0.2, 0.25) is 0 Å². The van der Waals surface area contributed by atoms with Crippen LogP contribution in [0.1, 0.15) is 18.6 Å². The molecule has 0 spiro atoms. The Hall–Kier alpha value is -2.52. The molecule has 0 radical (unpaired) electrons. The predicted molar refractivity (Wildman–Crippen MR) is 106 cm³/mol. The van der Waals surface area contributed by atoms with Crippen LogP contribution < -0.4 is 0 Å². The van der Waals surface area contributed by atoms with Crippen molar-refractivity contribution in [3.8, 4) is 0 Å². The fourth-order valence-corrected chi connectivity index (χ4v) is 4.21. The van der Waals surface area contributed by atoms with E-state index in [1.165, 1.54) is 29.0 Å². The third kappa shape index (κ3) is 3.15. The fourth-order valence-electron chi connectivity index (χ4n) is 4.21. The first kappa shape index (κ1) is 15.7. The topological polar surface area (TPSA) is 21.3 Å². The largest absolute Gasteiger partial charge is 0.460 e. The zero-order valence-corrected chi connectivity index (χ0v) is 15.0. The highest BCUT2D eigenvalue weighted by molar-refractivity contribution is 5.82. The summed E-state index contributed by atoms with van der Waals surface area (Å²) < 4.78 is 8.36. The van der Waals surface area contributed by atoms with Crippen LogP contribution in [0, 0.1) is 5.92 Å². The predicted octanol–water partition coefficient (Wildman–Crippen LogP) is 5.30. The Labute approximate surface area is 153 Å². The molecule has 3 nitrogen and oxygen atoms in total. The summed E-state index contributed by atoms with van der Waals surface area (Å²) in [6.07, 6.45) is 7.09. The van der Waals surface area contributed by atoms with Gasteiger partial charge in [0.15, 0.2) is 0 Å². The summed E-state index contributed by atoms with van der Waals surface area (Å²) in [6, 6.07) is 19.1. The van der Waals surface area contributed by atoms with Crippen LogP contribution in [0.15, 0.2) is 71.4 Å². The lowest BCUT2D eigenvalue weighted by Crippen LogP contribution is -2.34. The Bertz CT molecular complexity index is 871. The lowest BCUT2D eigenvalue weighted by molar-refractivity contribution is 0.158. The molecule has 4 aromatic rings. The van der Waals surface area contributed by atoms with Gasteiger partial charge in [-0.05, 0) is 54.8 Å². The van der Waals surface area contributed by atoms with E-state index in [0.29, 0.717) is 0 Å². The molecule has 1 saturated heterocycles. The summed E-state index contributed by atoms with van der Waals surface area (Å²) >= 11 is 0. The normalized spacial score (nSPS) is 16.6. The van der Waals surface area contributed by atoms with Crippen molar-refractivity contribution in [2.45, 2.75) is 25.9 Å². The van der Waals surface area contributed by atoms with Crippen molar-refractivity contribution in [2.24, 2.45) is 5.92 Å². The molecular weight excluding hydrogens is 320 g/mol. The number of likely N-dealkylation sites (tertiary alicyclic amines) is 1. The van der Waals surface area contributed by atoms with E-state index in [-0.39, 0.29) is 0 Å². The van der Waals surface area contributed by atoms with Crippen LogP contribution in [0.3, 0.4) is 0 Å². The molecular formula is C23H24N2O. The number of furan rings is 1. The fraction of sp³-hybridized carbons (Fsp3) is 0.304. The summed E-state index contributed by atoms with van der Waals surface area (Å²) in [4.78, 5) is 2.53. The molecule has 2 aromatic carbocycles. The lowest BCUT2D eigenvalue weighted by atomic mass is 9.96. The van der Waals surface area contributed by atoms with Crippen LogP contribution in [-0.4, -0.2) is 22.6 Å². The van der Waals surface area contributed by atoms with Crippen molar-refractivity contribution in [2.75, 3.05) is 13.1 Å². The first-order chi connectivity index (χ1) is 12.8. The average molecular weight is 344 g/mol. The number of piperidine rings is 1. The molecule has 1 aliphatic rings. The molecule has 3 heteroatoms. The zero-order chi connectivity index (χ0) is 17.3. The van der Waals surface area contributed by atoms with Crippen molar-refractivity contribution in [1.82, 2.24) is 9.47 Å². The maximum atomic E-state index is 5.98. The van der Waals surface area contributed by atoms with Gasteiger partial charge < -0.3 is 8.98 Å². The van der Waals surface area contributed by atoms with Gasteiger partial charge >= 0.3 is 0 Å². The van der Waals surface area contributed by atoms with Gasteiger partial charge in [0.05, 0.1) is 6.54 Å². The van der Waals surface area contributed by atoms with Crippen LogP contribution in [0.5, 0.6) is 0 Å². The highest BCUT2D eigenvalue weighted by Gasteiger charge is 2.20. The second kappa shape index (κ2) is 6.65. The van der Waals surface area contributed by atoms with E-state index in [2.05, 4.69) is 64.3 Å². The maximum absolute atomic E-state index is 5.98. The standard InChI is InChI=1S/C23H24N2O/c1-2-7-21-16-25(15-20(21)6-1)14-18-9-11-24(12-10-18)17-22-13-19-5-3-4-8-23(19)26-22/h1-8,13,15-16,18H,9-12,14,17H2. The molecule has 132 valence electrons. The van der Waals surface area contributed by atoms with E-state index in [1.807, 2.05) is 12.1 Å². The summed E-state index contributed by atoms with van der Waals surface area (Å²) in [5.41, 5.74) is 0.997. The number of benzene rings is 2. The zero-order valence-electron chi connectivity index (χ0n) is 15.0. The molecule has 2 aromatic heterocycles. The Balaban J connectivity index is 1.19. The van der Waals surface area contributed by atoms with Crippen molar-refractivity contribution in [3.05, 3.63) is 72.8 Å².